The molecule has 4 bridgehead atoms. The molecule has 130 valence electrons. The molecule has 5 rings (SSSR count). The summed E-state index contributed by atoms with van der Waals surface area (Å²) in [5.41, 5.74) is 2.25. The zero-order valence-corrected chi connectivity index (χ0v) is 15.1. The molecule has 3 heteroatoms. The second-order valence-electron chi connectivity index (χ2n) is 9.40. The van der Waals surface area contributed by atoms with Gasteiger partial charge in [0.05, 0.1) is 0 Å². The second-order valence-corrected chi connectivity index (χ2v) is 9.40. The Labute approximate surface area is 145 Å². The monoisotopic (exact) mass is 327 g/mol. The van der Waals surface area contributed by atoms with Gasteiger partial charge < -0.3 is 4.74 Å². The first-order valence-corrected chi connectivity index (χ1v) is 9.42. The van der Waals surface area contributed by atoms with E-state index in [9.17, 15) is 4.79 Å². The van der Waals surface area contributed by atoms with E-state index in [2.05, 4.69) is 17.4 Å². The van der Waals surface area contributed by atoms with Crippen LogP contribution in [0.5, 0.6) is 0 Å². The number of ether oxygens (including phenoxy) is 1. The molecule has 4 aliphatic carbocycles. The number of benzene rings is 1. The van der Waals surface area contributed by atoms with Crippen molar-refractivity contribution in [1.82, 2.24) is 0 Å². The molecule has 0 radical (unpaired) electrons. The summed E-state index contributed by atoms with van der Waals surface area (Å²) in [6, 6.07) is 8.55. The summed E-state index contributed by atoms with van der Waals surface area (Å²) in [6.07, 6.45) is 8.14. The van der Waals surface area contributed by atoms with Gasteiger partial charge in [-0.3, -0.25) is 5.32 Å². The maximum atomic E-state index is 11.9. The van der Waals surface area contributed by atoms with Crippen molar-refractivity contribution >= 4 is 11.8 Å². The minimum absolute atomic E-state index is 0.384. The van der Waals surface area contributed by atoms with E-state index in [0.717, 1.165) is 23.4 Å². The summed E-state index contributed by atoms with van der Waals surface area (Å²) in [5.74, 6) is 2.86. The maximum absolute atomic E-state index is 11.9. The first-order valence-electron chi connectivity index (χ1n) is 9.42. The van der Waals surface area contributed by atoms with E-state index in [1.165, 1.54) is 44.1 Å². The van der Waals surface area contributed by atoms with Gasteiger partial charge in [0.15, 0.2) is 0 Å². The van der Waals surface area contributed by atoms with Crippen molar-refractivity contribution in [2.24, 2.45) is 17.8 Å². The first kappa shape index (κ1) is 16.0. The molecular weight excluding hydrogens is 298 g/mol. The lowest BCUT2D eigenvalue weighted by molar-refractivity contribution is -0.00518. The number of amides is 1. The van der Waals surface area contributed by atoms with Gasteiger partial charge in [0.1, 0.15) is 5.60 Å². The molecule has 1 N–H and O–H groups in total. The molecule has 0 heterocycles. The zero-order valence-electron chi connectivity index (χ0n) is 15.1. The van der Waals surface area contributed by atoms with Gasteiger partial charge in [-0.15, -0.1) is 0 Å². The van der Waals surface area contributed by atoms with Crippen LogP contribution in [0.1, 0.15) is 64.9 Å². The van der Waals surface area contributed by atoms with E-state index >= 15 is 0 Å². The van der Waals surface area contributed by atoms with Crippen LogP contribution in [0.15, 0.2) is 24.3 Å². The number of hydrogen-bond donors (Lipinski definition) is 1. The molecule has 0 saturated heterocycles. The van der Waals surface area contributed by atoms with Gasteiger partial charge in [-0.1, -0.05) is 12.1 Å². The molecular formula is C21H29NO2. The second kappa shape index (κ2) is 5.50. The number of nitrogens with one attached hydrogen (secondary N) is 1. The van der Waals surface area contributed by atoms with Crippen LogP contribution in [0.3, 0.4) is 0 Å². The molecule has 0 unspecified atom stereocenters. The van der Waals surface area contributed by atoms with Crippen LogP contribution < -0.4 is 5.32 Å². The molecule has 4 aliphatic rings. The molecule has 0 atom stereocenters. The molecule has 24 heavy (non-hydrogen) atoms. The van der Waals surface area contributed by atoms with E-state index in [1.807, 2.05) is 32.9 Å². The van der Waals surface area contributed by atoms with Gasteiger partial charge in [0.25, 0.3) is 0 Å². The van der Waals surface area contributed by atoms with Crippen LogP contribution in [0.2, 0.25) is 0 Å². The highest BCUT2D eigenvalue weighted by molar-refractivity contribution is 5.84. The van der Waals surface area contributed by atoms with Crippen molar-refractivity contribution in [2.75, 3.05) is 5.32 Å². The largest absolute Gasteiger partial charge is 0.444 e. The smallest absolute Gasteiger partial charge is 0.412 e. The molecule has 0 aliphatic heterocycles. The Morgan fingerprint density at radius 3 is 1.96 bits per heavy atom. The number of carbonyl (C=O) groups excluding carboxylic acids is 1. The van der Waals surface area contributed by atoms with Crippen molar-refractivity contribution in [1.29, 1.82) is 0 Å². The Kier molecular flexibility index (Phi) is 3.67. The van der Waals surface area contributed by atoms with Crippen molar-refractivity contribution in [3.8, 4) is 0 Å². The van der Waals surface area contributed by atoms with Crippen LogP contribution in [0, 0.1) is 17.8 Å². The van der Waals surface area contributed by atoms with Crippen molar-refractivity contribution < 1.29 is 9.53 Å². The van der Waals surface area contributed by atoms with Crippen molar-refractivity contribution in [3.63, 3.8) is 0 Å². The Balaban J connectivity index is 1.47. The molecule has 1 amide bonds. The third-order valence-corrected chi connectivity index (χ3v) is 6.18. The van der Waals surface area contributed by atoms with E-state index in [0.29, 0.717) is 5.41 Å². The zero-order chi connectivity index (χ0) is 16.9. The lowest BCUT2D eigenvalue weighted by Gasteiger charge is -2.57. The third-order valence-electron chi connectivity index (χ3n) is 6.18. The third kappa shape index (κ3) is 3.05. The Morgan fingerprint density at radius 2 is 1.50 bits per heavy atom. The summed E-state index contributed by atoms with van der Waals surface area (Å²) in [5, 5.41) is 2.84. The summed E-state index contributed by atoms with van der Waals surface area (Å²) in [4.78, 5) is 11.9. The lowest BCUT2D eigenvalue weighted by atomic mass is 9.48. The highest BCUT2D eigenvalue weighted by Gasteiger charge is 2.51. The lowest BCUT2D eigenvalue weighted by Crippen LogP contribution is -2.48. The predicted molar refractivity (Wildman–Crippen MR) is 96.1 cm³/mol. The molecule has 1 aromatic rings. The number of hydrogen-bond acceptors (Lipinski definition) is 2. The summed E-state index contributed by atoms with van der Waals surface area (Å²) in [6.45, 7) is 5.63. The summed E-state index contributed by atoms with van der Waals surface area (Å²) >= 11 is 0. The first-order chi connectivity index (χ1) is 11.3. The fourth-order valence-corrected chi connectivity index (χ4v) is 5.79. The minimum atomic E-state index is -0.469. The van der Waals surface area contributed by atoms with Gasteiger partial charge in [0, 0.05) is 5.69 Å². The molecule has 0 spiro atoms. The highest BCUT2D eigenvalue weighted by Crippen LogP contribution is 2.60. The number of carbonyl (C=O) groups is 1. The average molecular weight is 327 g/mol. The number of anilines is 1. The fraction of sp³-hybridized carbons (Fsp3) is 0.667. The van der Waals surface area contributed by atoms with Gasteiger partial charge >= 0.3 is 6.09 Å². The van der Waals surface area contributed by atoms with Gasteiger partial charge in [-0.2, -0.15) is 0 Å². The normalized spacial score (nSPS) is 34.2. The van der Waals surface area contributed by atoms with Crippen molar-refractivity contribution in [2.45, 2.75) is 70.3 Å². The van der Waals surface area contributed by atoms with Gasteiger partial charge in [-0.05, 0) is 100 Å². The Bertz CT molecular complexity index is 591. The predicted octanol–water partition coefficient (Wildman–Crippen LogP) is 5.50. The molecule has 1 aromatic carbocycles. The van der Waals surface area contributed by atoms with Gasteiger partial charge in [0.2, 0.25) is 0 Å². The SMILES string of the molecule is CC(C)(C)OC(=O)Nc1ccc(C23CC4CC(CC(C4)C2)C3)cc1. The Hall–Kier alpha value is -1.51. The standard InChI is InChI=1S/C21H29NO2/c1-20(2,3)24-19(23)22-18-6-4-17(5-7-18)21-11-14-8-15(12-21)10-16(9-14)13-21/h4-7,14-16H,8-13H2,1-3H3,(H,22,23). The van der Waals surface area contributed by atoms with Gasteiger partial charge in [-0.25, -0.2) is 4.79 Å². The van der Waals surface area contributed by atoms with E-state index in [4.69, 9.17) is 4.74 Å². The van der Waals surface area contributed by atoms with Crippen molar-refractivity contribution in [3.05, 3.63) is 29.8 Å². The van der Waals surface area contributed by atoms with E-state index < -0.39 is 5.60 Å². The van der Waals surface area contributed by atoms with Crippen LogP contribution in [0.25, 0.3) is 0 Å². The Morgan fingerprint density at radius 1 is 1.00 bits per heavy atom. The minimum Gasteiger partial charge on any atom is -0.444 e. The van der Waals surface area contributed by atoms with Crippen LogP contribution >= 0.6 is 0 Å². The molecule has 4 fully saturated rings. The van der Waals surface area contributed by atoms with E-state index in [1.54, 1.807) is 0 Å². The summed E-state index contributed by atoms with van der Waals surface area (Å²) in [7, 11) is 0. The maximum Gasteiger partial charge on any atom is 0.412 e. The average Bonchev–Trinajstić information content (AvgIpc) is 2.44. The highest BCUT2D eigenvalue weighted by atomic mass is 16.6. The quantitative estimate of drug-likeness (QED) is 0.778. The molecule has 0 aromatic heterocycles. The van der Waals surface area contributed by atoms with Crippen LogP contribution in [0.4, 0.5) is 10.5 Å². The van der Waals surface area contributed by atoms with E-state index in [-0.39, 0.29) is 6.09 Å². The fourth-order valence-electron chi connectivity index (χ4n) is 5.79. The topological polar surface area (TPSA) is 38.3 Å². The van der Waals surface area contributed by atoms with Crippen LogP contribution in [-0.2, 0) is 10.2 Å². The summed E-state index contributed by atoms with van der Waals surface area (Å²) < 4.78 is 5.32. The number of rotatable bonds is 2. The van der Waals surface area contributed by atoms with Crippen LogP contribution in [-0.4, -0.2) is 11.7 Å². The molecule has 3 nitrogen and oxygen atoms in total. The molecule has 4 saturated carbocycles.